The monoisotopic (exact) mass is 219 g/mol. The Labute approximate surface area is 90.4 Å². The quantitative estimate of drug-likeness (QED) is 0.571. The van der Waals surface area contributed by atoms with E-state index >= 15 is 0 Å². The predicted octanol–water partition coefficient (Wildman–Crippen LogP) is -0.339. The highest BCUT2D eigenvalue weighted by Crippen LogP contribution is 2.13. The molecule has 0 aliphatic heterocycles. The van der Waals surface area contributed by atoms with Crippen molar-refractivity contribution in [2.45, 2.75) is 38.3 Å². The first-order valence-electron chi connectivity index (χ1n) is 4.86. The molecule has 1 amide bonds. The van der Waals surface area contributed by atoms with Gasteiger partial charge in [-0.1, -0.05) is 0 Å². The third-order valence-corrected chi connectivity index (χ3v) is 2.28. The first kappa shape index (κ1) is 14.3. The van der Waals surface area contributed by atoms with E-state index in [1.807, 2.05) is 0 Å². The van der Waals surface area contributed by atoms with Crippen molar-refractivity contribution in [3.63, 3.8) is 0 Å². The lowest BCUT2D eigenvalue weighted by atomic mass is 10.0. The van der Waals surface area contributed by atoms with Crippen LogP contribution in [0.4, 0.5) is 0 Å². The Morgan fingerprint density at radius 2 is 1.73 bits per heavy atom. The summed E-state index contributed by atoms with van der Waals surface area (Å²) < 4.78 is 5.10. The van der Waals surface area contributed by atoms with Gasteiger partial charge in [0.05, 0.1) is 30.8 Å². The van der Waals surface area contributed by atoms with Gasteiger partial charge in [0.25, 0.3) is 0 Å². The molecule has 0 rings (SSSR count). The molecular formula is C10H21NO4. The molecule has 0 bridgehead atoms. The zero-order valence-corrected chi connectivity index (χ0v) is 9.83. The molecule has 0 unspecified atom stereocenters. The SMILES string of the molecule is COC(C)(C)CC(=O)NC(C)(CO)CO. The zero-order chi connectivity index (χ0) is 12.1. The van der Waals surface area contributed by atoms with Crippen LogP contribution in [0.25, 0.3) is 0 Å². The fourth-order valence-electron chi connectivity index (χ4n) is 0.969. The van der Waals surface area contributed by atoms with Crippen LogP contribution in [0.3, 0.4) is 0 Å². The van der Waals surface area contributed by atoms with Crippen LogP contribution >= 0.6 is 0 Å². The Bertz CT molecular complexity index is 211. The zero-order valence-electron chi connectivity index (χ0n) is 9.83. The average molecular weight is 219 g/mol. The second-order valence-electron chi connectivity index (χ2n) is 4.57. The summed E-state index contributed by atoms with van der Waals surface area (Å²) in [7, 11) is 1.53. The van der Waals surface area contributed by atoms with Crippen LogP contribution in [0.5, 0.6) is 0 Å². The minimum absolute atomic E-state index is 0.180. The number of ether oxygens (including phenoxy) is 1. The van der Waals surface area contributed by atoms with E-state index in [9.17, 15) is 4.79 Å². The number of rotatable bonds is 6. The molecule has 0 aromatic heterocycles. The highest BCUT2D eigenvalue weighted by atomic mass is 16.5. The lowest BCUT2D eigenvalue weighted by Crippen LogP contribution is -2.53. The van der Waals surface area contributed by atoms with E-state index in [4.69, 9.17) is 14.9 Å². The van der Waals surface area contributed by atoms with Crippen molar-refractivity contribution >= 4 is 5.91 Å². The summed E-state index contributed by atoms with van der Waals surface area (Å²) >= 11 is 0. The molecule has 15 heavy (non-hydrogen) atoms. The Morgan fingerprint density at radius 3 is 2.07 bits per heavy atom. The van der Waals surface area contributed by atoms with Crippen molar-refractivity contribution in [3.05, 3.63) is 0 Å². The number of aliphatic hydroxyl groups excluding tert-OH is 2. The highest BCUT2D eigenvalue weighted by Gasteiger charge is 2.28. The van der Waals surface area contributed by atoms with Crippen LogP contribution < -0.4 is 5.32 Å². The normalized spacial score (nSPS) is 12.7. The van der Waals surface area contributed by atoms with Crippen molar-refractivity contribution in [3.8, 4) is 0 Å². The van der Waals surface area contributed by atoms with E-state index in [1.165, 1.54) is 7.11 Å². The molecule has 0 fully saturated rings. The molecule has 0 aliphatic carbocycles. The topological polar surface area (TPSA) is 78.8 Å². The van der Waals surface area contributed by atoms with Crippen LogP contribution in [0, 0.1) is 0 Å². The van der Waals surface area contributed by atoms with Gasteiger partial charge in [0.1, 0.15) is 0 Å². The molecule has 0 saturated carbocycles. The molecule has 0 heterocycles. The number of amides is 1. The Kier molecular flexibility index (Phi) is 5.20. The average Bonchev–Trinajstić information content (AvgIpc) is 2.16. The summed E-state index contributed by atoms with van der Waals surface area (Å²) in [5, 5.41) is 20.5. The van der Waals surface area contributed by atoms with Crippen molar-refractivity contribution < 1.29 is 19.7 Å². The molecule has 90 valence electrons. The van der Waals surface area contributed by atoms with Gasteiger partial charge in [-0.3, -0.25) is 4.79 Å². The maximum Gasteiger partial charge on any atom is 0.223 e. The number of hydrogen-bond donors (Lipinski definition) is 3. The van der Waals surface area contributed by atoms with Gasteiger partial charge in [-0.15, -0.1) is 0 Å². The van der Waals surface area contributed by atoms with E-state index in [1.54, 1.807) is 20.8 Å². The summed E-state index contributed by atoms with van der Waals surface area (Å²) in [5.74, 6) is -0.257. The van der Waals surface area contributed by atoms with E-state index in [0.717, 1.165) is 0 Å². The van der Waals surface area contributed by atoms with E-state index in [-0.39, 0.29) is 25.5 Å². The first-order chi connectivity index (χ1) is 6.78. The second-order valence-corrected chi connectivity index (χ2v) is 4.57. The van der Waals surface area contributed by atoms with E-state index in [0.29, 0.717) is 0 Å². The number of hydrogen-bond acceptors (Lipinski definition) is 4. The fraction of sp³-hybridized carbons (Fsp3) is 0.900. The number of aliphatic hydroxyl groups is 2. The van der Waals surface area contributed by atoms with Gasteiger partial charge in [-0.05, 0) is 20.8 Å². The second kappa shape index (κ2) is 5.44. The van der Waals surface area contributed by atoms with Crippen LogP contribution in [0.15, 0.2) is 0 Å². The maximum atomic E-state index is 11.5. The fourth-order valence-corrected chi connectivity index (χ4v) is 0.969. The van der Waals surface area contributed by atoms with Crippen LogP contribution in [-0.4, -0.2) is 47.6 Å². The number of carbonyl (C=O) groups excluding carboxylic acids is 1. The van der Waals surface area contributed by atoms with Gasteiger partial charge in [-0.25, -0.2) is 0 Å². The summed E-state index contributed by atoms with van der Waals surface area (Å²) in [6.45, 7) is 4.56. The summed E-state index contributed by atoms with van der Waals surface area (Å²) in [4.78, 5) is 11.5. The molecule has 0 radical (unpaired) electrons. The van der Waals surface area contributed by atoms with Crippen LogP contribution in [-0.2, 0) is 9.53 Å². The van der Waals surface area contributed by atoms with Crippen LogP contribution in [0.2, 0.25) is 0 Å². The van der Waals surface area contributed by atoms with Gasteiger partial charge >= 0.3 is 0 Å². The smallest absolute Gasteiger partial charge is 0.223 e. The molecule has 0 aromatic rings. The van der Waals surface area contributed by atoms with Crippen LogP contribution in [0.1, 0.15) is 27.2 Å². The van der Waals surface area contributed by atoms with Crippen molar-refractivity contribution in [1.29, 1.82) is 0 Å². The minimum Gasteiger partial charge on any atom is -0.394 e. The number of nitrogens with one attached hydrogen (secondary N) is 1. The summed E-state index contributed by atoms with van der Waals surface area (Å²) in [6, 6.07) is 0. The van der Waals surface area contributed by atoms with Crippen molar-refractivity contribution in [2.75, 3.05) is 20.3 Å². The summed E-state index contributed by atoms with van der Waals surface area (Å²) in [5.41, 5.74) is -1.52. The third kappa shape index (κ3) is 5.11. The third-order valence-electron chi connectivity index (χ3n) is 2.28. The molecule has 0 spiro atoms. The Morgan fingerprint density at radius 1 is 1.27 bits per heavy atom. The lowest BCUT2D eigenvalue weighted by Gasteiger charge is -2.29. The molecule has 0 aliphatic rings. The maximum absolute atomic E-state index is 11.5. The molecule has 0 atom stereocenters. The van der Waals surface area contributed by atoms with E-state index < -0.39 is 11.1 Å². The molecular weight excluding hydrogens is 198 g/mol. The Hall–Kier alpha value is -0.650. The molecule has 0 saturated heterocycles. The highest BCUT2D eigenvalue weighted by molar-refractivity contribution is 5.77. The summed E-state index contributed by atoms with van der Waals surface area (Å²) in [6.07, 6.45) is 0.180. The van der Waals surface area contributed by atoms with Gasteiger partial charge in [0.15, 0.2) is 0 Å². The largest absolute Gasteiger partial charge is 0.394 e. The van der Waals surface area contributed by atoms with E-state index in [2.05, 4.69) is 5.32 Å². The first-order valence-corrected chi connectivity index (χ1v) is 4.86. The molecule has 5 heteroatoms. The standard InChI is InChI=1S/C10H21NO4/c1-9(2,15-4)5-8(14)11-10(3,6-12)7-13/h12-13H,5-7H2,1-4H3,(H,11,14). The van der Waals surface area contributed by atoms with Crippen molar-refractivity contribution in [2.24, 2.45) is 0 Å². The predicted molar refractivity (Wildman–Crippen MR) is 56.4 cm³/mol. The number of carbonyl (C=O) groups is 1. The molecule has 0 aromatic carbocycles. The van der Waals surface area contributed by atoms with Gasteiger partial charge < -0.3 is 20.3 Å². The minimum atomic E-state index is -0.971. The lowest BCUT2D eigenvalue weighted by molar-refractivity contribution is -0.129. The number of methoxy groups -OCH3 is 1. The molecule has 3 N–H and O–H groups in total. The van der Waals surface area contributed by atoms with Crippen molar-refractivity contribution in [1.82, 2.24) is 5.32 Å². The Balaban J connectivity index is 4.26. The van der Waals surface area contributed by atoms with Gasteiger partial charge in [0, 0.05) is 7.11 Å². The molecule has 5 nitrogen and oxygen atoms in total. The van der Waals surface area contributed by atoms with Gasteiger partial charge in [-0.2, -0.15) is 0 Å². The van der Waals surface area contributed by atoms with Gasteiger partial charge in [0.2, 0.25) is 5.91 Å².